The number of aryl methyl sites for hydroxylation is 1. The van der Waals surface area contributed by atoms with Gasteiger partial charge in [-0.2, -0.15) is 5.26 Å². The van der Waals surface area contributed by atoms with Crippen molar-refractivity contribution in [2.75, 3.05) is 0 Å². The fourth-order valence-corrected chi connectivity index (χ4v) is 2.52. The van der Waals surface area contributed by atoms with Gasteiger partial charge in [0.25, 0.3) is 0 Å². The Balaban J connectivity index is 2.40. The fourth-order valence-electron chi connectivity index (χ4n) is 1.53. The van der Waals surface area contributed by atoms with Crippen LogP contribution in [0.3, 0.4) is 0 Å². The van der Waals surface area contributed by atoms with Crippen LogP contribution in [0.2, 0.25) is 0 Å². The summed E-state index contributed by atoms with van der Waals surface area (Å²) in [5, 5.41) is 9.02. The highest BCUT2D eigenvalue weighted by Gasteiger charge is 2.09. The van der Waals surface area contributed by atoms with Gasteiger partial charge in [0.15, 0.2) is 11.6 Å². The molecule has 0 saturated heterocycles. The van der Waals surface area contributed by atoms with E-state index in [1.807, 2.05) is 13.0 Å². The van der Waals surface area contributed by atoms with Crippen LogP contribution in [-0.4, -0.2) is 0 Å². The molecule has 0 aliphatic carbocycles. The molecule has 0 amide bonds. The number of hydrogen-bond acceptors (Lipinski definition) is 2. The number of benzene rings is 2. The standard InChI is InChI=1S/C14H9F2NS/c1-9-3-2-4-10(8-17)14(9)18-11-5-6-12(15)13(16)7-11/h2-7H,1H3. The summed E-state index contributed by atoms with van der Waals surface area (Å²) in [4.78, 5) is 1.34. The molecule has 0 unspecified atom stereocenters. The highest BCUT2D eigenvalue weighted by molar-refractivity contribution is 7.99. The van der Waals surface area contributed by atoms with E-state index in [2.05, 4.69) is 6.07 Å². The zero-order valence-corrected chi connectivity index (χ0v) is 10.4. The molecule has 90 valence electrons. The fraction of sp³-hybridized carbons (Fsp3) is 0.0714. The van der Waals surface area contributed by atoms with Gasteiger partial charge in [0.2, 0.25) is 0 Å². The summed E-state index contributed by atoms with van der Waals surface area (Å²) in [6.45, 7) is 1.88. The molecule has 18 heavy (non-hydrogen) atoms. The minimum absolute atomic E-state index is 0.532. The SMILES string of the molecule is Cc1cccc(C#N)c1Sc1ccc(F)c(F)c1. The highest BCUT2D eigenvalue weighted by atomic mass is 32.2. The van der Waals surface area contributed by atoms with Crippen molar-refractivity contribution >= 4 is 11.8 Å². The minimum Gasteiger partial charge on any atom is -0.204 e. The Morgan fingerprint density at radius 1 is 1.11 bits per heavy atom. The average Bonchev–Trinajstić information content (AvgIpc) is 2.36. The summed E-state index contributed by atoms with van der Waals surface area (Å²) in [5.74, 6) is -1.75. The molecule has 0 aliphatic heterocycles. The van der Waals surface area contributed by atoms with Gasteiger partial charge in [-0.3, -0.25) is 0 Å². The van der Waals surface area contributed by atoms with Crippen molar-refractivity contribution in [2.24, 2.45) is 0 Å². The molecule has 0 aliphatic rings. The summed E-state index contributed by atoms with van der Waals surface area (Å²) in [6.07, 6.45) is 0. The monoisotopic (exact) mass is 261 g/mol. The van der Waals surface area contributed by atoms with Crippen LogP contribution in [0.1, 0.15) is 11.1 Å². The maximum atomic E-state index is 13.1. The van der Waals surface area contributed by atoms with E-state index in [1.54, 1.807) is 12.1 Å². The van der Waals surface area contributed by atoms with E-state index in [0.29, 0.717) is 10.5 Å². The van der Waals surface area contributed by atoms with Crippen molar-refractivity contribution < 1.29 is 8.78 Å². The van der Waals surface area contributed by atoms with Crippen molar-refractivity contribution in [1.82, 2.24) is 0 Å². The third-order valence-electron chi connectivity index (χ3n) is 2.44. The Morgan fingerprint density at radius 2 is 1.89 bits per heavy atom. The largest absolute Gasteiger partial charge is 0.204 e. The summed E-state index contributed by atoms with van der Waals surface area (Å²) in [6, 6.07) is 11.2. The van der Waals surface area contributed by atoms with Gasteiger partial charge in [0.1, 0.15) is 6.07 Å². The average molecular weight is 261 g/mol. The highest BCUT2D eigenvalue weighted by Crippen LogP contribution is 2.33. The first-order valence-corrected chi connectivity index (χ1v) is 6.06. The van der Waals surface area contributed by atoms with E-state index in [0.717, 1.165) is 22.6 Å². The lowest BCUT2D eigenvalue weighted by molar-refractivity contribution is 0.506. The molecular weight excluding hydrogens is 252 g/mol. The molecule has 4 heteroatoms. The van der Waals surface area contributed by atoms with Crippen LogP contribution in [0.15, 0.2) is 46.2 Å². The van der Waals surface area contributed by atoms with Crippen molar-refractivity contribution in [3.63, 3.8) is 0 Å². The Labute approximate surface area is 108 Å². The van der Waals surface area contributed by atoms with E-state index >= 15 is 0 Å². The van der Waals surface area contributed by atoms with Crippen molar-refractivity contribution in [3.8, 4) is 6.07 Å². The maximum absolute atomic E-state index is 13.1. The van der Waals surface area contributed by atoms with Gasteiger partial charge in [-0.25, -0.2) is 8.78 Å². The maximum Gasteiger partial charge on any atom is 0.159 e. The lowest BCUT2D eigenvalue weighted by Gasteiger charge is -2.07. The number of hydrogen-bond donors (Lipinski definition) is 0. The number of rotatable bonds is 2. The number of nitriles is 1. The molecule has 1 nitrogen and oxygen atoms in total. The summed E-state index contributed by atoms with van der Waals surface area (Å²) in [5.41, 5.74) is 1.47. The number of nitrogens with zero attached hydrogens (tertiary/aromatic N) is 1. The van der Waals surface area contributed by atoms with Crippen molar-refractivity contribution in [3.05, 3.63) is 59.2 Å². The van der Waals surface area contributed by atoms with Crippen LogP contribution in [-0.2, 0) is 0 Å². The molecule has 0 bridgehead atoms. The second-order valence-electron chi connectivity index (χ2n) is 3.74. The predicted octanol–water partition coefficient (Wildman–Crippen LogP) is 4.30. The molecule has 2 rings (SSSR count). The predicted molar refractivity (Wildman–Crippen MR) is 66.4 cm³/mol. The van der Waals surface area contributed by atoms with Gasteiger partial charge in [0, 0.05) is 9.79 Å². The minimum atomic E-state index is -0.882. The first-order valence-electron chi connectivity index (χ1n) is 5.24. The van der Waals surface area contributed by atoms with Crippen molar-refractivity contribution in [2.45, 2.75) is 16.7 Å². The van der Waals surface area contributed by atoms with Crippen molar-refractivity contribution in [1.29, 1.82) is 5.26 Å². The van der Waals surface area contributed by atoms with Gasteiger partial charge in [-0.15, -0.1) is 0 Å². The van der Waals surface area contributed by atoms with Crippen LogP contribution in [0.4, 0.5) is 8.78 Å². The third-order valence-corrected chi connectivity index (χ3v) is 3.68. The van der Waals surface area contributed by atoms with Crippen LogP contribution in [0.5, 0.6) is 0 Å². The van der Waals surface area contributed by atoms with Gasteiger partial charge in [0.05, 0.1) is 5.56 Å². The molecule has 0 fully saturated rings. The molecule has 0 radical (unpaired) electrons. The Bertz CT molecular complexity index is 632. The molecular formula is C14H9F2NS. The molecule has 2 aromatic carbocycles. The van der Waals surface area contributed by atoms with Gasteiger partial charge >= 0.3 is 0 Å². The summed E-state index contributed by atoms with van der Waals surface area (Å²) in [7, 11) is 0. The third kappa shape index (κ3) is 2.52. The lowest BCUT2D eigenvalue weighted by Crippen LogP contribution is -1.88. The second-order valence-corrected chi connectivity index (χ2v) is 4.83. The molecule has 0 saturated carbocycles. The Morgan fingerprint density at radius 3 is 2.56 bits per heavy atom. The lowest BCUT2D eigenvalue weighted by atomic mass is 10.1. The molecule has 2 aromatic rings. The molecule has 0 spiro atoms. The molecule has 0 heterocycles. The van der Waals surface area contributed by atoms with Crippen LogP contribution >= 0.6 is 11.8 Å². The van der Waals surface area contributed by atoms with E-state index in [9.17, 15) is 8.78 Å². The van der Waals surface area contributed by atoms with E-state index in [4.69, 9.17) is 5.26 Å². The molecule has 0 aromatic heterocycles. The summed E-state index contributed by atoms with van der Waals surface area (Å²) < 4.78 is 25.9. The first-order chi connectivity index (χ1) is 8.61. The van der Waals surface area contributed by atoms with E-state index in [1.165, 1.54) is 17.8 Å². The van der Waals surface area contributed by atoms with Crippen LogP contribution < -0.4 is 0 Å². The molecule has 0 N–H and O–H groups in total. The van der Waals surface area contributed by atoms with Crippen LogP contribution in [0, 0.1) is 29.9 Å². The van der Waals surface area contributed by atoms with E-state index < -0.39 is 11.6 Å². The van der Waals surface area contributed by atoms with Crippen LogP contribution in [0.25, 0.3) is 0 Å². The zero-order chi connectivity index (χ0) is 13.1. The quantitative estimate of drug-likeness (QED) is 0.805. The topological polar surface area (TPSA) is 23.8 Å². The molecule has 0 atom stereocenters. The van der Waals surface area contributed by atoms with Gasteiger partial charge in [-0.05, 0) is 36.8 Å². The smallest absolute Gasteiger partial charge is 0.159 e. The Kier molecular flexibility index (Phi) is 3.63. The Hall–Kier alpha value is -1.86. The number of halogens is 2. The first kappa shape index (κ1) is 12.6. The van der Waals surface area contributed by atoms with Gasteiger partial charge < -0.3 is 0 Å². The zero-order valence-electron chi connectivity index (χ0n) is 9.58. The second kappa shape index (κ2) is 5.19. The van der Waals surface area contributed by atoms with Gasteiger partial charge in [-0.1, -0.05) is 23.9 Å². The summed E-state index contributed by atoms with van der Waals surface area (Å²) >= 11 is 1.26. The normalized spacial score (nSPS) is 10.1. The van der Waals surface area contributed by atoms with E-state index in [-0.39, 0.29) is 0 Å².